The maximum absolute atomic E-state index is 11.6. The molecule has 1 aliphatic heterocycles. The first kappa shape index (κ1) is 11.5. The van der Waals surface area contributed by atoms with E-state index in [4.69, 9.17) is 9.15 Å². The van der Waals surface area contributed by atoms with Crippen LogP contribution in [0.4, 0.5) is 5.69 Å². The molecule has 0 bridgehead atoms. The molecule has 0 saturated carbocycles. The van der Waals surface area contributed by atoms with Gasteiger partial charge in [-0.1, -0.05) is 6.07 Å². The first-order valence-electron chi connectivity index (χ1n) is 5.78. The van der Waals surface area contributed by atoms with Gasteiger partial charge in [0.1, 0.15) is 5.76 Å². The van der Waals surface area contributed by atoms with Gasteiger partial charge in [-0.15, -0.1) is 0 Å². The zero-order chi connectivity index (χ0) is 13.4. The van der Waals surface area contributed by atoms with Crippen LogP contribution in [-0.2, 0) is 4.79 Å². The molecule has 2 heterocycles. The van der Waals surface area contributed by atoms with Crippen LogP contribution < -0.4 is 9.64 Å². The number of likely N-dealkylation sites (N-methyl/N-ethyl adjacent to an activating group) is 1. The summed E-state index contributed by atoms with van der Waals surface area (Å²) >= 11 is 0. The highest BCUT2D eigenvalue weighted by Crippen LogP contribution is 2.40. The topological polar surface area (TPSA) is 59.8 Å². The van der Waals surface area contributed by atoms with Crippen molar-refractivity contribution in [1.82, 2.24) is 0 Å². The van der Waals surface area contributed by atoms with Crippen molar-refractivity contribution < 1.29 is 18.7 Å². The van der Waals surface area contributed by atoms with Crippen LogP contribution in [0.5, 0.6) is 5.75 Å². The zero-order valence-electron chi connectivity index (χ0n) is 10.3. The third-order valence-corrected chi connectivity index (χ3v) is 3.08. The monoisotopic (exact) mass is 257 g/mol. The lowest BCUT2D eigenvalue weighted by atomic mass is 10.1. The highest BCUT2D eigenvalue weighted by Gasteiger charge is 2.25. The minimum atomic E-state index is -0.0994. The van der Waals surface area contributed by atoms with Crippen LogP contribution in [0.1, 0.15) is 10.6 Å². The van der Waals surface area contributed by atoms with Crippen molar-refractivity contribution in [3.05, 3.63) is 36.1 Å². The van der Waals surface area contributed by atoms with Crippen molar-refractivity contribution >= 4 is 17.9 Å². The molecular weight excluding hydrogens is 246 g/mol. The number of aldehydes is 1. The molecule has 0 radical (unpaired) electrons. The number of fused-ring (bicyclic) bond motifs is 1. The number of carbonyl (C=O) groups is 2. The van der Waals surface area contributed by atoms with E-state index in [-0.39, 0.29) is 18.3 Å². The number of hydrogen-bond acceptors (Lipinski definition) is 4. The molecule has 5 heteroatoms. The number of furan rings is 1. The van der Waals surface area contributed by atoms with Crippen molar-refractivity contribution in [3.63, 3.8) is 0 Å². The van der Waals surface area contributed by atoms with Gasteiger partial charge in [-0.3, -0.25) is 9.59 Å². The number of anilines is 1. The van der Waals surface area contributed by atoms with Crippen LogP contribution in [0, 0.1) is 0 Å². The maximum atomic E-state index is 11.6. The van der Waals surface area contributed by atoms with Crippen LogP contribution in [0.15, 0.2) is 34.7 Å². The molecule has 3 rings (SSSR count). The number of rotatable bonds is 2. The van der Waals surface area contributed by atoms with E-state index in [2.05, 4.69) is 0 Å². The van der Waals surface area contributed by atoms with Crippen LogP contribution in [0.2, 0.25) is 0 Å². The Morgan fingerprint density at radius 2 is 2.11 bits per heavy atom. The van der Waals surface area contributed by atoms with Crippen LogP contribution in [-0.4, -0.2) is 25.8 Å². The highest BCUT2D eigenvalue weighted by molar-refractivity contribution is 5.99. The van der Waals surface area contributed by atoms with Crippen LogP contribution in [0.25, 0.3) is 11.3 Å². The van der Waals surface area contributed by atoms with Gasteiger partial charge in [0.25, 0.3) is 5.91 Å². The Bertz CT molecular complexity index is 659. The number of hydrogen-bond donors (Lipinski definition) is 0. The molecule has 2 aromatic rings. The SMILES string of the molecule is CN1C(=O)COc2c(-c3ccc(C=O)o3)cccc21. The molecular formula is C14H11NO4. The molecule has 0 fully saturated rings. The van der Waals surface area contributed by atoms with Gasteiger partial charge in [-0.05, 0) is 24.3 Å². The fourth-order valence-electron chi connectivity index (χ4n) is 2.06. The van der Waals surface area contributed by atoms with Gasteiger partial charge >= 0.3 is 0 Å². The van der Waals surface area contributed by atoms with Gasteiger partial charge in [0, 0.05) is 7.05 Å². The Labute approximate surface area is 109 Å². The fraction of sp³-hybridized carbons (Fsp3) is 0.143. The van der Waals surface area contributed by atoms with Crippen molar-refractivity contribution in [2.24, 2.45) is 0 Å². The lowest BCUT2D eigenvalue weighted by molar-refractivity contribution is -0.120. The lowest BCUT2D eigenvalue weighted by Gasteiger charge is -2.27. The smallest absolute Gasteiger partial charge is 0.264 e. The standard InChI is InChI=1S/C14H11NO4/c1-15-11-4-2-3-10(14(11)18-8-13(15)17)12-6-5-9(7-16)19-12/h2-7H,8H2,1H3. The average molecular weight is 257 g/mol. The van der Waals surface area contributed by atoms with E-state index in [1.807, 2.05) is 12.1 Å². The van der Waals surface area contributed by atoms with E-state index in [9.17, 15) is 9.59 Å². The predicted molar refractivity (Wildman–Crippen MR) is 68.4 cm³/mol. The molecule has 0 saturated heterocycles. The molecule has 0 unspecified atom stereocenters. The Morgan fingerprint density at radius 1 is 1.26 bits per heavy atom. The van der Waals surface area contributed by atoms with Gasteiger partial charge in [0.15, 0.2) is 24.4 Å². The summed E-state index contributed by atoms with van der Waals surface area (Å²) in [5.74, 6) is 1.30. The summed E-state index contributed by atoms with van der Waals surface area (Å²) in [5, 5.41) is 0. The summed E-state index contributed by atoms with van der Waals surface area (Å²) in [6.45, 7) is 0.00175. The van der Waals surface area contributed by atoms with E-state index < -0.39 is 0 Å². The molecule has 0 spiro atoms. The highest BCUT2D eigenvalue weighted by atomic mass is 16.5. The van der Waals surface area contributed by atoms with Gasteiger partial charge in [0.05, 0.1) is 11.3 Å². The summed E-state index contributed by atoms with van der Waals surface area (Å²) in [4.78, 5) is 23.8. The summed E-state index contributed by atoms with van der Waals surface area (Å²) in [7, 11) is 1.70. The number of para-hydroxylation sites is 1. The van der Waals surface area contributed by atoms with Gasteiger partial charge in [-0.25, -0.2) is 0 Å². The minimum Gasteiger partial charge on any atom is -0.481 e. The van der Waals surface area contributed by atoms with E-state index >= 15 is 0 Å². The molecule has 1 amide bonds. The third kappa shape index (κ3) is 1.79. The summed E-state index contributed by atoms with van der Waals surface area (Å²) in [6, 6.07) is 8.75. The van der Waals surface area contributed by atoms with E-state index in [1.54, 1.807) is 30.1 Å². The molecule has 5 nitrogen and oxygen atoms in total. The normalized spacial score (nSPS) is 13.9. The van der Waals surface area contributed by atoms with Crippen molar-refractivity contribution in [3.8, 4) is 17.1 Å². The molecule has 1 aliphatic rings. The largest absolute Gasteiger partial charge is 0.481 e. The molecule has 1 aromatic heterocycles. The quantitative estimate of drug-likeness (QED) is 0.773. The Hall–Kier alpha value is -2.56. The summed E-state index contributed by atoms with van der Waals surface area (Å²) in [6.07, 6.45) is 0.648. The summed E-state index contributed by atoms with van der Waals surface area (Å²) in [5.41, 5.74) is 1.42. The lowest BCUT2D eigenvalue weighted by Crippen LogP contribution is -2.35. The van der Waals surface area contributed by atoms with Crippen LogP contribution in [0.3, 0.4) is 0 Å². The van der Waals surface area contributed by atoms with E-state index in [0.717, 1.165) is 5.56 Å². The maximum Gasteiger partial charge on any atom is 0.264 e. The number of nitrogens with zero attached hydrogens (tertiary/aromatic N) is 1. The van der Waals surface area contributed by atoms with E-state index in [1.165, 1.54) is 0 Å². The molecule has 1 aromatic carbocycles. The number of benzene rings is 1. The van der Waals surface area contributed by atoms with Gasteiger partial charge < -0.3 is 14.1 Å². The molecule has 0 atom stereocenters. The van der Waals surface area contributed by atoms with Gasteiger partial charge in [-0.2, -0.15) is 0 Å². The second-order valence-corrected chi connectivity index (χ2v) is 4.22. The Morgan fingerprint density at radius 3 is 2.84 bits per heavy atom. The average Bonchev–Trinajstić information content (AvgIpc) is 2.91. The molecule has 0 aliphatic carbocycles. The summed E-state index contributed by atoms with van der Waals surface area (Å²) < 4.78 is 10.9. The first-order valence-corrected chi connectivity index (χ1v) is 5.78. The Balaban J connectivity index is 2.13. The van der Waals surface area contributed by atoms with Crippen molar-refractivity contribution in [1.29, 1.82) is 0 Å². The van der Waals surface area contributed by atoms with Gasteiger partial charge in [0.2, 0.25) is 0 Å². The minimum absolute atomic E-state index is 0.00175. The second kappa shape index (κ2) is 4.28. The fourth-order valence-corrected chi connectivity index (χ4v) is 2.06. The van der Waals surface area contributed by atoms with Crippen molar-refractivity contribution in [2.75, 3.05) is 18.6 Å². The number of amides is 1. The second-order valence-electron chi connectivity index (χ2n) is 4.22. The third-order valence-electron chi connectivity index (χ3n) is 3.08. The number of carbonyl (C=O) groups excluding carboxylic acids is 2. The molecule has 96 valence electrons. The predicted octanol–water partition coefficient (Wildman–Crippen LogP) is 2.11. The Kier molecular flexibility index (Phi) is 2.59. The first-order chi connectivity index (χ1) is 9.20. The molecule has 0 N–H and O–H groups in total. The number of ether oxygens (including phenoxy) is 1. The van der Waals surface area contributed by atoms with Crippen molar-refractivity contribution in [2.45, 2.75) is 0 Å². The van der Waals surface area contributed by atoms with E-state index in [0.29, 0.717) is 23.5 Å². The zero-order valence-corrected chi connectivity index (χ0v) is 10.3. The van der Waals surface area contributed by atoms with Crippen LogP contribution >= 0.6 is 0 Å². The molecule has 19 heavy (non-hydrogen) atoms.